The van der Waals surface area contributed by atoms with Gasteiger partial charge >= 0.3 is 0 Å². The van der Waals surface area contributed by atoms with Crippen LogP contribution in [-0.4, -0.2) is 37.2 Å². The van der Waals surface area contributed by atoms with Crippen LogP contribution in [-0.2, 0) is 4.74 Å². The van der Waals surface area contributed by atoms with E-state index in [0.29, 0.717) is 6.61 Å². The summed E-state index contributed by atoms with van der Waals surface area (Å²) in [6, 6.07) is 0. The van der Waals surface area contributed by atoms with Crippen molar-refractivity contribution in [2.45, 2.75) is 38.2 Å². The summed E-state index contributed by atoms with van der Waals surface area (Å²) in [6.45, 7) is 4.69. The molecule has 0 radical (unpaired) electrons. The van der Waals surface area contributed by atoms with Gasteiger partial charge in [-0.3, -0.25) is 0 Å². The first kappa shape index (κ1) is 12.8. The van der Waals surface area contributed by atoms with E-state index in [0.717, 1.165) is 44.3 Å². The van der Waals surface area contributed by atoms with Gasteiger partial charge in [0.25, 0.3) is 0 Å². The van der Waals surface area contributed by atoms with Gasteiger partial charge in [-0.2, -0.15) is 0 Å². The Morgan fingerprint density at radius 2 is 1.94 bits per heavy atom. The molecule has 2 aliphatic rings. The van der Waals surface area contributed by atoms with Crippen LogP contribution in [0.15, 0.2) is 23.6 Å². The van der Waals surface area contributed by atoms with E-state index < -0.39 is 0 Å². The summed E-state index contributed by atoms with van der Waals surface area (Å²) >= 11 is 0. The van der Waals surface area contributed by atoms with E-state index >= 15 is 0 Å². The molecule has 1 fully saturated rings. The Balaban J connectivity index is 1.85. The lowest BCUT2D eigenvalue weighted by molar-refractivity contribution is -0.0581. The van der Waals surface area contributed by atoms with Gasteiger partial charge in [-0.05, 0) is 45.7 Å². The summed E-state index contributed by atoms with van der Waals surface area (Å²) in [5.74, 6) is -0.0900. The van der Waals surface area contributed by atoms with Gasteiger partial charge in [0.15, 0.2) is 0 Å². The lowest BCUT2D eigenvalue weighted by atomic mass is 9.93. The van der Waals surface area contributed by atoms with Crippen LogP contribution < -0.4 is 0 Å². The summed E-state index contributed by atoms with van der Waals surface area (Å²) in [6.07, 6.45) is 7.44. The predicted octanol–water partition coefficient (Wildman–Crippen LogP) is 3.06. The maximum atomic E-state index is 13.5. The third-order valence-electron chi connectivity index (χ3n) is 3.81. The molecule has 0 bridgehead atoms. The second-order valence-corrected chi connectivity index (χ2v) is 5.40. The molecule has 0 aromatic carbocycles. The molecule has 0 aromatic rings. The van der Waals surface area contributed by atoms with Crippen molar-refractivity contribution in [3.8, 4) is 0 Å². The molecule has 2 nitrogen and oxygen atoms in total. The first-order valence-corrected chi connectivity index (χ1v) is 6.47. The average Bonchev–Trinajstić information content (AvgIpc) is 2.33. The molecule has 0 N–H and O–H groups in total. The highest BCUT2D eigenvalue weighted by molar-refractivity contribution is 5.28. The summed E-state index contributed by atoms with van der Waals surface area (Å²) in [5.41, 5.74) is 0.654. The Labute approximate surface area is 103 Å². The van der Waals surface area contributed by atoms with Crippen LogP contribution in [0.4, 0.5) is 4.39 Å². The van der Waals surface area contributed by atoms with Gasteiger partial charge < -0.3 is 9.64 Å². The van der Waals surface area contributed by atoms with Crippen LogP contribution in [0.25, 0.3) is 0 Å². The van der Waals surface area contributed by atoms with Crippen molar-refractivity contribution in [1.82, 2.24) is 4.90 Å². The molecule has 96 valence electrons. The van der Waals surface area contributed by atoms with E-state index in [-0.39, 0.29) is 11.4 Å². The summed E-state index contributed by atoms with van der Waals surface area (Å²) < 4.78 is 19.4. The highest BCUT2D eigenvalue weighted by atomic mass is 19.1. The van der Waals surface area contributed by atoms with Crippen molar-refractivity contribution < 1.29 is 9.13 Å². The molecular weight excluding hydrogens is 217 g/mol. The maximum Gasteiger partial charge on any atom is 0.124 e. The van der Waals surface area contributed by atoms with Crippen molar-refractivity contribution >= 4 is 0 Å². The van der Waals surface area contributed by atoms with Crippen molar-refractivity contribution in [1.29, 1.82) is 0 Å². The van der Waals surface area contributed by atoms with Crippen LogP contribution in [0.3, 0.4) is 0 Å². The van der Waals surface area contributed by atoms with E-state index in [1.807, 2.05) is 6.08 Å². The molecule has 0 saturated carbocycles. The lowest BCUT2D eigenvalue weighted by Crippen LogP contribution is -2.42. The Hall–Kier alpha value is -0.670. The summed E-state index contributed by atoms with van der Waals surface area (Å²) in [5, 5.41) is 0. The topological polar surface area (TPSA) is 12.5 Å². The third kappa shape index (κ3) is 3.39. The van der Waals surface area contributed by atoms with E-state index in [2.05, 4.69) is 18.9 Å². The SMILES string of the molecule is CN1CCC(C)(OCC2=CCCC=C2F)CC1. The van der Waals surface area contributed by atoms with Gasteiger partial charge in [-0.15, -0.1) is 0 Å². The van der Waals surface area contributed by atoms with Crippen molar-refractivity contribution in [2.75, 3.05) is 26.7 Å². The number of nitrogens with zero attached hydrogens (tertiary/aromatic N) is 1. The molecule has 0 atom stereocenters. The lowest BCUT2D eigenvalue weighted by Gasteiger charge is -2.38. The molecule has 1 saturated heterocycles. The van der Waals surface area contributed by atoms with Crippen LogP contribution >= 0.6 is 0 Å². The highest BCUT2D eigenvalue weighted by Gasteiger charge is 2.30. The molecule has 2 rings (SSSR count). The van der Waals surface area contributed by atoms with Crippen molar-refractivity contribution in [3.05, 3.63) is 23.6 Å². The second-order valence-electron chi connectivity index (χ2n) is 5.40. The first-order chi connectivity index (χ1) is 8.09. The molecule has 0 aromatic heterocycles. The number of ether oxygens (including phenoxy) is 1. The van der Waals surface area contributed by atoms with E-state index in [4.69, 9.17) is 4.74 Å². The molecule has 1 aliphatic heterocycles. The van der Waals surface area contributed by atoms with E-state index in [1.165, 1.54) is 0 Å². The molecule has 0 spiro atoms. The normalized spacial score (nSPS) is 25.4. The Morgan fingerprint density at radius 3 is 2.59 bits per heavy atom. The van der Waals surface area contributed by atoms with Gasteiger partial charge in [0.05, 0.1) is 12.2 Å². The third-order valence-corrected chi connectivity index (χ3v) is 3.81. The Morgan fingerprint density at radius 1 is 1.29 bits per heavy atom. The fourth-order valence-electron chi connectivity index (χ4n) is 2.31. The van der Waals surface area contributed by atoms with Gasteiger partial charge in [0.1, 0.15) is 5.83 Å². The van der Waals surface area contributed by atoms with Gasteiger partial charge in [0.2, 0.25) is 0 Å². The quantitative estimate of drug-likeness (QED) is 0.750. The highest BCUT2D eigenvalue weighted by Crippen LogP contribution is 2.28. The van der Waals surface area contributed by atoms with Gasteiger partial charge in [-0.25, -0.2) is 4.39 Å². The van der Waals surface area contributed by atoms with Crippen LogP contribution in [0.1, 0.15) is 32.6 Å². The number of allylic oxidation sites excluding steroid dienone is 2. The van der Waals surface area contributed by atoms with E-state index in [9.17, 15) is 4.39 Å². The number of hydrogen-bond donors (Lipinski definition) is 0. The Kier molecular flexibility index (Phi) is 4.00. The second kappa shape index (κ2) is 5.32. The molecule has 0 unspecified atom stereocenters. The number of halogens is 1. The predicted molar refractivity (Wildman–Crippen MR) is 67.6 cm³/mol. The zero-order chi connectivity index (χ0) is 12.3. The molecule has 3 heteroatoms. The fourth-order valence-corrected chi connectivity index (χ4v) is 2.31. The van der Waals surface area contributed by atoms with Crippen LogP contribution in [0.5, 0.6) is 0 Å². The van der Waals surface area contributed by atoms with E-state index in [1.54, 1.807) is 6.08 Å². The standard InChI is InChI=1S/C14H22FNO/c1-14(7-9-16(2)10-8-14)17-11-12-5-3-4-6-13(12)15/h5-6H,3-4,7-11H2,1-2H3. The minimum absolute atomic E-state index is 0.0783. The molecular formula is C14H22FNO. The molecule has 17 heavy (non-hydrogen) atoms. The summed E-state index contributed by atoms with van der Waals surface area (Å²) in [7, 11) is 2.13. The smallest absolute Gasteiger partial charge is 0.124 e. The Bertz CT molecular complexity index is 327. The molecule has 0 amide bonds. The number of piperidine rings is 1. The number of rotatable bonds is 3. The number of hydrogen-bond acceptors (Lipinski definition) is 2. The first-order valence-electron chi connectivity index (χ1n) is 6.47. The maximum absolute atomic E-state index is 13.5. The van der Waals surface area contributed by atoms with Crippen molar-refractivity contribution in [3.63, 3.8) is 0 Å². The summed E-state index contributed by atoms with van der Waals surface area (Å²) in [4.78, 5) is 2.31. The monoisotopic (exact) mass is 239 g/mol. The van der Waals surface area contributed by atoms with Crippen molar-refractivity contribution in [2.24, 2.45) is 0 Å². The molecule has 1 heterocycles. The average molecular weight is 239 g/mol. The largest absolute Gasteiger partial charge is 0.370 e. The fraction of sp³-hybridized carbons (Fsp3) is 0.714. The van der Waals surface area contributed by atoms with Crippen LogP contribution in [0, 0.1) is 0 Å². The zero-order valence-corrected chi connectivity index (χ0v) is 10.8. The zero-order valence-electron chi connectivity index (χ0n) is 10.8. The minimum Gasteiger partial charge on any atom is -0.370 e. The van der Waals surface area contributed by atoms with Crippen LogP contribution in [0.2, 0.25) is 0 Å². The van der Waals surface area contributed by atoms with Gasteiger partial charge in [-0.1, -0.05) is 6.08 Å². The number of likely N-dealkylation sites (tertiary alicyclic amines) is 1. The van der Waals surface area contributed by atoms with Gasteiger partial charge in [0, 0.05) is 18.7 Å². The molecule has 1 aliphatic carbocycles. The minimum atomic E-state index is -0.0900.